The maximum Gasteiger partial charge on any atom is 0.306 e. The van der Waals surface area contributed by atoms with Crippen molar-refractivity contribution in [3.8, 4) is 0 Å². The van der Waals surface area contributed by atoms with Crippen molar-refractivity contribution in [2.45, 2.75) is 119 Å². The molecular formula is C24H48CoO6. The standard InChI is InChI=1S/3C8H16O2.Co/c3*1-3-5-6-7(4-2)8(9)10;/h3*7H,3-6H2,1-2H3,(H,9,10);. The predicted molar refractivity (Wildman–Crippen MR) is 123 cm³/mol. The van der Waals surface area contributed by atoms with E-state index in [0.29, 0.717) is 0 Å². The molecule has 6 nitrogen and oxygen atoms in total. The summed E-state index contributed by atoms with van der Waals surface area (Å²) < 4.78 is 0. The van der Waals surface area contributed by atoms with E-state index in [4.69, 9.17) is 15.3 Å². The van der Waals surface area contributed by atoms with Crippen LogP contribution in [0.2, 0.25) is 0 Å². The number of rotatable bonds is 15. The van der Waals surface area contributed by atoms with Crippen molar-refractivity contribution in [1.29, 1.82) is 0 Å². The van der Waals surface area contributed by atoms with Crippen LogP contribution in [0.3, 0.4) is 0 Å². The first-order valence-corrected chi connectivity index (χ1v) is 11.8. The minimum Gasteiger partial charge on any atom is -0.481 e. The molecule has 0 spiro atoms. The normalized spacial score (nSPS) is 12.6. The zero-order valence-corrected chi connectivity index (χ0v) is 21.7. The molecule has 0 aromatic heterocycles. The largest absolute Gasteiger partial charge is 0.481 e. The molecule has 0 heterocycles. The molecule has 0 saturated heterocycles. The van der Waals surface area contributed by atoms with Crippen LogP contribution in [0, 0.1) is 17.8 Å². The molecule has 0 bridgehead atoms. The van der Waals surface area contributed by atoms with Crippen LogP contribution >= 0.6 is 0 Å². The van der Waals surface area contributed by atoms with E-state index in [0.717, 1.165) is 77.0 Å². The molecule has 0 aliphatic heterocycles. The van der Waals surface area contributed by atoms with Crippen LogP contribution in [0.5, 0.6) is 0 Å². The number of aliphatic carboxylic acids is 3. The van der Waals surface area contributed by atoms with Crippen molar-refractivity contribution in [2.75, 3.05) is 0 Å². The first-order valence-electron chi connectivity index (χ1n) is 11.8. The van der Waals surface area contributed by atoms with Crippen LogP contribution in [0.1, 0.15) is 119 Å². The van der Waals surface area contributed by atoms with Gasteiger partial charge >= 0.3 is 17.9 Å². The SMILES string of the molecule is CCCCC(CC)C(=O)O.CCCCC(CC)C(=O)O.CCCCC(CC)C(=O)O.[Co]. The Morgan fingerprint density at radius 3 is 0.806 bits per heavy atom. The quantitative estimate of drug-likeness (QED) is 0.231. The third-order valence-corrected chi connectivity index (χ3v) is 5.24. The molecule has 0 saturated carbocycles. The van der Waals surface area contributed by atoms with Crippen molar-refractivity contribution in [2.24, 2.45) is 17.8 Å². The van der Waals surface area contributed by atoms with Crippen LogP contribution in [0.4, 0.5) is 0 Å². The van der Waals surface area contributed by atoms with Crippen LogP contribution in [-0.2, 0) is 31.2 Å². The summed E-state index contributed by atoms with van der Waals surface area (Å²) in [7, 11) is 0. The molecule has 0 aromatic carbocycles. The van der Waals surface area contributed by atoms with Gasteiger partial charge in [0.05, 0.1) is 17.8 Å². The molecule has 0 rings (SSSR count). The molecule has 0 amide bonds. The van der Waals surface area contributed by atoms with E-state index in [1.54, 1.807) is 0 Å². The van der Waals surface area contributed by atoms with Gasteiger partial charge < -0.3 is 15.3 Å². The molecule has 0 aromatic rings. The first-order chi connectivity index (χ1) is 14.2. The van der Waals surface area contributed by atoms with Crippen LogP contribution in [0.25, 0.3) is 0 Å². The van der Waals surface area contributed by atoms with E-state index < -0.39 is 17.9 Å². The Kier molecular flexibility index (Phi) is 32.4. The average molecular weight is 492 g/mol. The monoisotopic (exact) mass is 491 g/mol. The molecule has 0 fully saturated rings. The predicted octanol–water partition coefficient (Wildman–Crippen LogP) is 6.86. The number of carboxylic acid groups (broad SMARTS) is 3. The summed E-state index contributed by atoms with van der Waals surface area (Å²) in [5.74, 6) is -2.26. The number of carboxylic acids is 3. The Morgan fingerprint density at radius 1 is 0.516 bits per heavy atom. The van der Waals surface area contributed by atoms with E-state index >= 15 is 0 Å². The Bertz CT molecular complexity index is 366. The van der Waals surface area contributed by atoms with E-state index in [-0.39, 0.29) is 34.5 Å². The van der Waals surface area contributed by atoms with E-state index in [1.165, 1.54) is 0 Å². The summed E-state index contributed by atoms with van der Waals surface area (Å²) in [6.07, 6.45) is 11.1. The first kappa shape index (κ1) is 37.2. The van der Waals surface area contributed by atoms with Gasteiger partial charge in [-0.3, -0.25) is 14.4 Å². The van der Waals surface area contributed by atoms with Gasteiger partial charge in [-0.1, -0.05) is 80.1 Å². The second kappa shape index (κ2) is 27.0. The van der Waals surface area contributed by atoms with Gasteiger partial charge in [0.1, 0.15) is 0 Å². The number of unbranched alkanes of at least 4 members (excludes halogenated alkanes) is 3. The van der Waals surface area contributed by atoms with Gasteiger partial charge in [0.2, 0.25) is 0 Å². The second-order valence-electron chi connectivity index (χ2n) is 7.76. The molecule has 0 aliphatic carbocycles. The fourth-order valence-electron chi connectivity index (χ4n) is 2.86. The van der Waals surface area contributed by atoms with E-state index in [1.807, 2.05) is 20.8 Å². The van der Waals surface area contributed by atoms with Gasteiger partial charge in [0, 0.05) is 16.8 Å². The number of hydrogen-bond donors (Lipinski definition) is 3. The summed E-state index contributed by atoms with van der Waals surface area (Å²) in [6.45, 7) is 12.0. The molecule has 3 unspecified atom stereocenters. The van der Waals surface area contributed by atoms with Crippen molar-refractivity contribution in [1.82, 2.24) is 0 Å². The Balaban J connectivity index is -0.000000174. The molecular weight excluding hydrogens is 443 g/mol. The van der Waals surface area contributed by atoms with Crippen LogP contribution < -0.4 is 0 Å². The van der Waals surface area contributed by atoms with Gasteiger partial charge in [-0.2, -0.15) is 0 Å². The van der Waals surface area contributed by atoms with E-state index in [9.17, 15) is 14.4 Å². The van der Waals surface area contributed by atoms with E-state index in [2.05, 4.69) is 20.8 Å². The number of carbonyl (C=O) groups is 3. The van der Waals surface area contributed by atoms with Crippen LogP contribution in [-0.4, -0.2) is 33.2 Å². The minimum absolute atomic E-state index is 0. The van der Waals surface area contributed by atoms with Crippen molar-refractivity contribution in [3.63, 3.8) is 0 Å². The molecule has 1 radical (unpaired) electrons. The van der Waals surface area contributed by atoms with Crippen LogP contribution in [0.15, 0.2) is 0 Å². The Hall–Kier alpha value is -1.08. The smallest absolute Gasteiger partial charge is 0.306 e. The maximum atomic E-state index is 10.4. The fraction of sp³-hybridized carbons (Fsp3) is 0.875. The van der Waals surface area contributed by atoms with Gasteiger partial charge in [-0.05, 0) is 38.5 Å². The van der Waals surface area contributed by atoms with Gasteiger partial charge in [-0.25, -0.2) is 0 Å². The third kappa shape index (κ3) is 25.1. The Labute approximate surface area is 200 Å². The average Bonchev–Trinajstić information content (AvgIpc) is 2.70. The van der Waals surface area contributed by atoms with Crippen molar-refractivity contribution >= 4 is 17.9 Å². The van der Waals surface area contributed by atoms with Gasteiger partial charge in [0.15, 0.2) is 0 Å². The summed E-state index contributed by atoms with van der Waals surface area (Å²) >= 11 is 0. The van der Waals surface area contributed by atoms with Crippen molar-refractivity contribution in [3.05, 3.63) is 0 Å². The molecule has 189 valence electrons. The fourth-order valence-corrected chi connectivity index (χ4v) is 2.86. The van der Waals surface area contributed by atoms with Gasteiger partial charge in [0.25, 0.3) is 0 Å². The molecule has 0 aliphatic rings. The zero-order chi connectivity index (χ0) is 23.9. The summed E-state index contributed by atoms with van der Waals surface area (Å²) in [4.78, 5) is 31.3. The molecule has 31 heavy (non-hydrogen) atoms. The molecule has 7 heteroatoms. The topological polar surface area (TPSA) is 112 Å². The summed E-state index contributed by atoms with van der Waals surface area (Å²) in [5.41, 5.74) is 0. The zero-order valence-electron chi connectivity index (χ0n) is 20.6. The van der Waals surface area contributed by atoms with Crippen molar-refractivity contribution < 1.29 is 46.5 Å². The number of hydrogen-bond acceptors (Lipinski definition) is 3. The molecule has 3 N–H and O–H groups in total. The maximum absolute atomic E-state index is 10.4. The third-order valence-electron chi connectivity index (χ3n) is 5.24. The Morgan fingerprint density at radius 2 is 0.710 bits per heavy atom. The van der Waals surface area contributed by atoms with Gasteiger partial charge in [-0.15, -0.1) is 0 Å². The summed E-state index contributed by atoms with van der Waals surface area (Å²) in [6, 6.07) is 0. The second-order valence-corrected chi connectivity index (χ2v) is 7.76. The minimum atomic E-state index is -0.643. The summed E-state index contributed by atoms with van der Waals surface area (Å²) in [5, 5.41) is 25.8. The molecule has 3 atom stereocenters.